The molecule has 6 nitrogen and oxygen atoms in total. The summed E-state index contributed by atoms with van der Waals surface area (Å²) in [6, 6.07) is 8.76. The Labute approximate surface area is 178 Å². The van der Waals surface area contributed by atoms with Gasteiger partial charge in [-0.3, -0.25) is 4.79 Å². The average molecular weight is 438 g/mol. The number of halogens is 3. The summed E-state index contributed by atoms with van der Waals surface area (Å²) in [5, 5.41) is 19.2. The molecule has 2 atom stereocenters. The molecule has 0 saturated carbocycles. The highest BCUT2D eigenvalue weighted by Crippen LogP contribution is 2.32. The largest absolute Gasteiger partial charge is 0.493 e. The number of aromatic nitrogens is 1. The third-order valence-electron chi connectivity index (χ3n) is 5.56. The first-order chi connectivity index (χ1) is 14.6. The molecule has 0 aliphatic carbocycles. The number of pyridine rings is 1. The minimum absolute atomic E-state index is 0.230. The van der Waals surface area contributed by atoms with Crippen molar-refractivity contribution in [3.63, 3.8) is 0 Å². The molecule has 31 heavy (non-hydrogen) atoms. The van der Waals surface area contributed by atoms with Crippen LogP contribution in [-0.4, -0.2) is 40.9 Å². The third-order valence-corrected chi connectivity index (χ3v) is 5.56. The van der Waals surface area contributed by atoms with Gasteiger partial charge in [-0.05, 0) is 55.5 Å². The van der Waals surface area contributed by atoms with Crippen LogP contribution in [0.5, 0.6) is 5.75 Å². The van der Waals surface area contributed by atoms with Crippen LogP contribution in [0.3, 0.4) is 0 Å². The van der Waals surface area contributed by atoms with Crippen molar-refractivity contribution in [2.45, 2.75) is 32.0 Å². The summed E-state index contributed by atoms with van der Waals surface area (Å²) < 4.78 is 44.6. The lowest BCUT2D eigenvalue weighted by molar-refractivity contribution is -0.145. The Balaban J connectivity index is 1.53. The number of aliphatic carboxylic acids is 1. The molecular weight excluding hydrogens is 413 g/mol. The van der Waals surface area contributed by atoms with Gasteiger partial charge in [-0.25, -0.2) is 4.98 Å². The number of benzene rings is 1. The van der Waals surface area contributed by atoms with Gasteiger partial charge in [-0.2, -0.15) is 13.2 Å². The number of hydrogen-bond acceptors (Lipinski definition) is 5. The molecule has 0 amide bonds. The van der Waals surface area contributed by atoms with Crippen LogP contribution in [-0.2, 0) is 11.0 Å². The average Bonchev–Trinajstić information content (AvgIpc) is 2.76. The number of carbonyl (C=O) groups is 1. The maximum atomic E-state index is 12.9. The molecule has 0 bridgehead atoms. The molecule has 1 fully saturated rings. The molecule has 3 rings (SSSR count). The summed E-state index contributed by atoms with van der Waals surface area (Å²) in [5.41, 5.74) is -0.236. The fraction of sp³-hybridized carbons (Fsp3) is 0.455. The van der Waals surface area contributed by atoms with Crippen molar-refractivity contribution < 1.29 is 32.9 Å². The first-order valence-corrected chi connectivity index (χ1v) is 10.1. The van der Waals surface area contributed by atoms with Crippen molar-refractivity contribution in [2.24, 2.45) is 11.8 Å². The molecule has 9 heteroatoms. The number of rotatable bonds is 7. The van der Waals surface area contributed by atoms with Crippen molar-refractivity contribution in [3.05, 3.63) is 53.7 Å². The van der Waals surface area contributed by atoms with Gasteiger partial charge in [0.15, 0.2) is 0 Å². The van der Waals surface area contributed by atoms with Crippen molar-refractivity contribution in [1.82, 2.24) is 4.98 Å². The Bertz CT molecular complexity index is 898. The van der Waals surface area contributed by atoms with E-state index in [2.05, 4.69) is 4.98 Å². The summed E-state index contributed by atoms with van der Waals surface area (Å²) in [4.78, 5) is 17.0. The molecule has 168 valence electrons. The molecule has 1 aliphatic rings. The number of alkyl halides is 3. The van der Waals surface area contributed by atoms with Crippen LogP contribution in [0.25, 0.3) is 0 Å². The summed E-state index contributed by atoms with van der Waals surface area (Å²) >= 11 is 0. The quantitative estimate of drug-likeness (QED) is 0.676. The molecule has 1 aromatic carbocycles. The van der Waals surface area contributed by atoms with Crippen LogP contribution >= 0.6 is 0 Å². The predicted molar refractivity (Wildman–Crippen MR) is 108 cm³/mol. The van der Waals surface area contributed by atoms with E-state index in [1.165, 1.54) is 13.1 Å². The maximum Gasteiger partial charge on any atom is 0.416 e. The second-order valence-corrected chi connectivity index (χ2v) is 7.79. The number of aliphatic hydroxyl groups excluding tert-OH is 1. The first kappa shape index (κ1) is 22.9. The molecule has 0 unspecified atom stereocenters. The SMILES string of the molecule is C[C@H](C(=O)O)[C@@H](O)c1cccc(OCC2CCN(c3cc(C(F)(F)F)ccn3)CC2)c1. The lowest BCUT2D eigenvalue weighted by Gasteiger charge is -2.33. The van der Waals surface area contributed by atoms with Crippen LogP contribution in [0.2, 0.25) is 0 Å². The second kappa shape index (κ2) is 9.55. The standard InChI is InChI=1S/C22H25F3N2O4/c1-14(21(29)30)20(28)16-3-2-4-18(11-16)31-13-15-6-9-27(10-7-15)19-12-17(5-8-26-19)22(23,24)25/h2-5,8,11-12,14-15,20,28H,6-7,9-10,13H2,1H3,(H,29,30)/t14-,20+/m0/s1. The summed E-state index contributed by atoms with van der Waals surface area (Å²) in [6.45, 7) is 3.03. The normalized spacial score (nSPS) is 17.3. The van der Waals surface area contributed by atoms with E-state index in [0.717, 1.165) is 25.0 Å². The van der Waals surface area contributed by atoms with Gasteiger partial charge in [0.25, 0.3) is 0 Å². The van der Waals surface area contributed by atoms with Gasteiger partial charge in [0, 0.05) is 19.3 Å². The number of aliphatic hydroxyl groups is 1. The van der Waals surface area contributed by atoms with E-state index in [9.17, 15) is 23.1 Å². The van der Waals surface area contributed by atoms with Gasteiger partial charge >= 0.3 is 12.1 Å². The van der Waals surface area contributed by atoms with Gasteiger partial charge in [-0.1, -0.05) is 12.1 Å². The van der Waals surface area contributed by atoms with Crippen molar-refractivity contribution in [2.75, 3.05) is 24.6 Å². The zero-order chi connectivity index (χ0) is 22.6. The van der Waals surface area contributed by atoms with E-state index in [-0.39, 0.29) is 5.92 Å². The smallest absolute Gasteiger partial charge is 0.416 e. The predicted octanol–water partition coefficient (Wildman–Crippen LogP) is 4.15. The van der Waals surface area contributed by atoms with Gasteiger partial charge in [0.05, 0.1) is 24.2 Å². The van der Waals surface area contributed by atoms with Crippen LogP contribution in [0.1, 0.15) is 37.0 Å². The fourth-order valence-electron chi connectivity index (χ4n) is 3.52. The van der Waals surface area contributed by atoms with E-state index in [4.69, 9.17) is 9.84 Å². The number of nitrogens with zero attached hydrogens (tertiary/aromatic N) is 2. The van der Waals surface area contributed by atoms with E-state index in [1.807, 2.05) is 4.90 Å². The minimum atomic E-state index is -4.39. The molecule has 2 heterocycles. The Morgan fingerprint density at radius 2 is 1.97 bits per heavy atom. The number of piperidine rings is 1. The summed E-state index contributed by atoms with van der Waals surface area (Å²) in [7, 11) is 0. The number of ether oxygens (including phenoxy) is 1. The van der Waals surface area contributed by atoms with Crippen molar-refractivity contribution in [1.29, 1.82) is 0 Å². The van der Waals surface area contributed by atoms with Crippen molar-refractivity contribution in [3.8, 4) is 5.75 Å². The monoisotopic (exact) mass is 438 g/mol. The Morgan fingerprint density at radius 1 is 1.26 bits per heavy atom. The zero-order valence-electron chi connectivity index (χ0n) is 17.0. The maximum absolute atomic E-state index is 12.9. The third kappa shape index (κ3) is 5.88. The van der Waals surface area contributed by atoms with Crippen LogP contribution < -0.4 is 9.64 Å². The highest BCUT2D eigenvalue weighted by molar-refractivity contribution is 5.70. The Morgan fingerprint density at radius 3 is 2.61 bits per heavy atom. The minimum Gasteiger partial charge on any atom is -0.493 e. The van der Waals surface area contributed by atoms with E-state index >= 15 is 0 Å². The fourth-order valence-corrected chi connectivity index (χ4v) is 3.52. The lowest BCUT2D eigenvalue weighted by atomic mass is 9.97. The van der Waals surface area contributed by atoms with Crippen LogP contribution in [0, 0.1) is 11.8 Å². The highest BCUT2D eigenvalue weighted by Gasteiger charge is 2.31. The molecular formula is C22H25F3N2O4. The molecule has 2 N–H and O–H groups in total. The molecule has 1 saturated heterocycles. The van der Waals surface area contributed by atoms with Gasteiger partial charge in [0.1, 0.15) is 11.6 Å². The Kier molecular flexibility index (Phi) is 7.04. The molecule has 1 aromatic heterocycles. The molecule has 0 radical (unpaired) electrons. The highest BCUT2D eigenvalue weighted by atomic mass is 19.4. The number of carboxylic acid groups (broad SMARTS) is 1. The summed E-state index contributed by atoms with van der Waals surface area (Å²) in [5.74, 6) is -0.932. The van der Waals surface area contributed by atoms with Gasteiger partial charge in [-0.15, -0.1) is 0 Å². The number of anilines is 1. The second-order valence-electron chi connectivity index (χ2n) is 7.79. The Hall–Kier alpha value is -2.81. The lowest BCUT2D eigenvalue weighted by Crippen LogP contribution is -2.36. The summed E-state index contributed by atoms with van der Waals surface area (Å²) in [6.07, 6.45) is -2.86. The van der Waals surface area contributed by atoms with Crippen LogP contribution in [0.15, 0.2) is 42.6 Å². The van der Waals surface area contributed by atoms with Crippen LogP contribution in [0.4, 0.5) is 19.0 Å². The number of carboxylic acids is 1. The van der Waals surface area contributed by atoms with Crippen molar-refractivity contribution >= 4 is 11.8 Å². The van der Waals surface area contributed by atoms with E-state index < -0.39 is 29.7 Å². The molecule has 0 spiro atoms. The van der Waals surface area contributed by atoms with E-state index in [0.29, 0.717) is 36.8 Å². The zero-order valence-corrected chi connectivity index (χ0v) is 17.0. The number of hydrogen-bond donors (Lipinski definition) is 2. The topological polar surface area (TPSA) is 82.9 Å². The van der Waals surface area contributed by atoms with Gasteiger partial charge in [0.2, 0.25) is 0 Å². The first-order valence-electron chi connectivity index (χ1n) is 10.1. The molecule has 2 aromatic rings. The molecule has 1 aliphatic heterocycles. The van der Waals surface area contributed by atoms with E-state index in [1.54, 1.807) is 24.3 Å². The van der Waals surface area contributed by atoms with Gasteiger partial charge < -0.3 is 19.8 Å².